The largest absolute Gasteiger partial charge is 0.378 e. The summed E-state index contributed by atoms with van der Waals surface area (Å²) in [5, 5.41) is 5.17. The van der Waals surface area contributed by atoms with Gasteiger partial charge in [-0.3, -0.25) is 4.79 Å². The van der Waals surface area contributed by atoms with Crippen LogP contribution in [0.25, 0.3) is 0 Å². The molecule has 2 atom stereocenters. The fourth-order valence-corrected chi connectivity index (χ4v) is 4.17. The first-order chi connectivity index (χ1) is 13.1. The first-order valence-electron chi connectivity index (χ1n) is 9.60. The van der Waals surface area contributed by atoms with Crippen molar-refractivity contribution in [1.82, 2.24) is 5.32 Å². The Labute approximate surface area is 165 Å². The molecule has 2 heterocycles. The van der Waals surface area contributed by atoms with E-state index in [1.165, 1.54) is 9.78 Å². The summed E-state index contributed by atoms with van der Waals surface area (Å²) in [5.41, 5.74) is 2.28. The lowest BCUT2D eigenvalue weighted by Gasteiger charge is -2.21. The molecule has 0 aliphatic carbocycles. The molecule has 1 aromatic heterocycles. The minimum atomic E-state index is 0.0937. The number of anilines is 1. The Morgan fingerprint density at radius 2 is 2.11 bits per heavy atom. The second kappa shape index (κ2) is 9.88. The van der Waals surface area contributed by atoms with Crippen LogP contribution in [-0.2, 0) is 22.6 Å². The van der Waals surface area contributed by atoms with Gasteiger partial charge in [0.05, 0.1) is 4.88 Å². The molecule has 27 heavy (non-hydrogen) atoms. The molecule has 1 saturated heterocycles. The second-order valence-corrected chi connectivity index (χ2v) is 8.39. The van der Waals surface area contributed by atoms with Crippen molar-refractivity contribution in [1.29, 1.82) is 0 Å². The van der Waals surface area contributed by atoms with Crippen molar-refractivity contribution in [3.8, 4) is 0 Å². The average Bonchev–Trinajstić information content (AvgIpc) is 3.34. The van der Waals surface area contributed by atoms with E-state index in [-0.39, 0.29) is 12.0 Å². The Bertz CT molecular complexity index is 695. The first kappa shape index (κ1) is 19.9. The van der Waals surface area contributed by atoms with Crippen LogP contribution in [0.1, 0.15) is 23.3 Å². The molecule has 1 amide bonds. The maximum atomic E-state index is 12.5. The van der Waals surface area contributed by atoms with Crippen LogP contribution < -0.4 is 15.1 Å². The highest BCUT2D eigenvalue weighted by molar-refractivity contribution is 7.09. The number of quaternary nitrogens is 1. The van der Waals surface area contributed by atoms with Crippen LogP contribution in [0.4, 0.5) is 5.69 Å². The summed E-state index contributed by atoms with van der Waals surface area (Å²) in [4.78, 5) is 17.2. The number of hydrogen-bond donors (Lipinski definition) is 2. The Morgan fingerprint density at radius 1 is 1.30 bits per heavy atom. The van der Waals surface area contributed by atoms with Crippen LogP contribution in [0.2, 0.25) is 0 Å². The van der Waals surface area contributed by atoms with Crippen LogP contribution in [0.5, 0.6) is 0 Å². The highest BCUT2D eigenvalue weighted by Gasteiger charge is 2.24. The summed E-state index contributed by atoms with van der Waals surface area (Å²) in [7, 11) is 4.05. The van der Waals surface area contributed by atoms with E-state index in [4.69, 9.17) is 4.74 Å². The van der Waals surface area contributed by atoms with Gasteiger partial charge in [-0.15, -0.1) is 11.3 Å². The third-order valence-electron chi connectivity index (χ3n) is 4.90. The zero-order chi connectivity index (χ0) is 19.1. The molecule has 2 N–H and O–H groups in total. The summed E-state index contributed by atoms with van der Waals surface area (Å²) >= 11 is 1.75. The fraction of sp³-hybridized carbons (Fsp3) is 0.476. The zero-order valence-corrected chi connectivity index (χ0v) is 17.1. The van der Waals surface area contributed by atoms with Crippen LogP contribution >= 0.6 is 11.3 Å². The highest BCUT2D eigenvalue weighted by Crippen LogP contribution is 2.12. The van der Waals surface area contributed by atoms with Gasteiger partial charge in [-0.2, -0.15) is 0 Å². The third-order valence-corrected chi connectivity index (χ3v) is 5.77. The van der Waals surface area contributed by atoms with E-state index < -0.39 is 0 Å². The standard InChI is InChI=1S/C21H29N3O2S/c1-23(2)18-9-7-17(8-10-18)13-22-21(25)16-24(14-19-5-3-11-26-19)15-20-6-4-12-27-20/h4,6-10,12,19H,3,5,11,13-16H2,1-2H3,(H,22,25)/p+1/t19-/m1/s1. The van der Waals surface area contributed by atoms with Crippen molar-refractivity contribution in [2.24, 2.45) is 0 Å². The van der Waals surface area contributed by atoms with E-state index in [1.807, 2.05) is 14.1 Å². The predicted octanol–water partition coefficient (Wildman–Crippen LogP) is 1.69. The van der Waals surface area contributed by atoms with Crippen LogP contribution in [-0.4, -0.2) is 45.8 Å². The van der Waals surface area contributed by atoms with Crippen molar-refractivity contribution in [2.45, 2.75) is 32.0 Å². The number of carbonyl (C=O) groups excluding carboxylic acids is 1. The van der Waals surface area contributed by atoms with Gasteiger partial charge in [-0.1, -0.05) is 18.2 Å². The van der Waals surface area contributed by atoms with E-state index in [1.54, 1.807) is 11.3 Å². The van der Waals surface area contributed by atoms with Gasteiger partial charge in [-0.05, 0) is 42.0 Å². The Hall–Kier alpha value is -1.89. The molecule has 5 nitrogen and oxygen atoms in total. The molecule has 0 bridgehead atoms. The normalized spacial score (nSPS) is 17.6. The molecule has 0 saturated carbocycles. The smallest absolute Gasteiger partial charge is 0.275 e. The molecular formula is C21H30N3O2S+. The molecule has 1 aromatic carbocycles. The molecule has 6 heteroatoms. The van der Waals surface area contributed by atoms with E-state index in [0.29, 0.717) is 13.1 Å². The number of thiophene rings is 1. The van der Waals surface area contributed by atoms with E-state index in [9.17, 15) is 4.79 Å². The predicted molar refractivity (Wildman–Crippen MR) is 110 cm³/mol. The van der Waals surface area contributed by atoms with Gasteiger partial charge in [0, 0.05) is 32.9 Å². The number of benzene rings is 1. The van der Waals surface area contributed by atoms with Gasteiger partial charge in [0.15, 0.2) is 6.54 Å². The van der Waals surface area contributed by atoms with Crippen LogP contribution in [0.15, 0.2) is 41.8 Å². The van der Waals surface area contributed by atoms with Crippen molar-refractivity contribution < 1.29 is 14.4 Å². The molecule has 146 valence electrons. The van der Waals surface area contributed by atoms with Gasteiger partial charge >= 0.3 is 0 Å². The number of ether oxygens (including phenoxy) is 1. The molecule has 1 fully saturated rings. The SMILES string of the molecule is CN(C)c1ccc(CNC(=O)C[NH+](Cc2cccs2)C[C@H]2CCCO2)cc1. The van der Waals surface area contributed by atoms with Crippen LogP contribution in [0.3, 0.4) is 0 Å². The number of hydrogen-bond acceptors (Lipinski definition) is 4. The zero-order valence-electron chi connectivity index (χ0n) is 16.2. The lowest BCUT2D eigenvalue weighted by atomic mass is 10.2. The minimum Gasteiger partial charge on any atom is -0.378 e. The minimum absolute atomic E-state index is 0.0937. The number of amides is 1. The fourth-order valence-electron chi connectivity index (χ4n) is 3.40. The van der Waals surface area contributed by atoms with Gasteiger partial charge in [-0.25, -0.2) is 0 Å². The monoisotopic (exact) mass is 388 g/mol. The summed E-state index contributed by atoms with van der Waals surface area (Å²) in [6.45, 7) is 3.67. The van der Waals surface area contributed by atoms with E-state index in [2.05, 4.69) is 52.0 Å². The third kappa shape index (κ3) is 6.34. The topological polar surface area (TPSA) is 46.0 Å². The van der Waals surface area contributed by atoms with Crippen LogP contribution in [0, 0.1) is 0 Å². The summed E-state index contributed by atoms with van der Waals surface area (Å²) < 4.78 is 5.79. The maximum absolute atomic E-state index is 12.5. The van der Waals surface area contributed by atoms with E-state index >= 15 is 0 Å². The van der Waals surface area contributed by atoms with Crippen molar-refractivity contribution in [3.63, 3.8) is 0 Å². The molecule has 1 unspecified atom stereocenters. The number of nitrogens with zero attached hydrogens (tertiary/aromatic N) is 1. The summed E-state index contributed by atoms with van der Waals surface area (Å²) in [6, 6.07) is 12.5. The quantitative estimate of drug-likeness (QED) is 0.687. The average molecular weight is 389 g/mol. The lowest BCUT2D eigenvalue weighted by Crippen LogP contribution is -3.13. The first-order valence-corrected chi connectivity index (χ1v) is 10.5. The molecule has 2 aromatic rings. The number of carbonyl (C=O) groups is 1. The van der Waals surface area contributed by atoms with Gasteiger partial charge in [0.1, 0.15) is 19.2 Å². The maximum Gasteiger partial charge on any atom is 0.275 e. The van der Waals surface area contributed by atoms with Gasteiger partial charge in [0.2, 0.25) is 0 Å². The van der Waals surface area contributed by atoms with E-state index in [0.717, 1.165) is 43.8 Å². The van der Waals surface area contributed by atoms with Crippen molar-refractivity contribution in [3.05, 3.63) is 52.2 Å². The molecular weight excluding hydrogens is 358 g/mol. The van der Waals surface area contributed by atoms with Crippen molar-refractivity contribution in [2.75, 3.05) is 38.7 Å². The Balaban J connectivity index is 1.51. The second-order valence-electron chi connectivity index (χ2n) is 7.36. The van der Waals surface area contributed by atoms with Gasteiger partial charge < -0.3 is 19.9 Å². The molecule has 1 aliphatic rings. The van der Waals surface area contributed by atoms with Gasteiger partial charge in [0.25, 0.3) is 5.91 Å². The summed E-state index contributed by atoms with van der Waals surface area (Å²) in [6.07, 6.45) is 2.52. The molecule has 0 radical (unpaired) electrons. The molecule has 3 rings (SSSR count). The highest BCUT2D eigenvalue weighted by atomic mass is 32.1. The summed E-state index contributed by atoms with van der Waals surface area (Å²) in [5.74, 6) is 0.0937. The Kier molecular flexibility index (Phi) is 7.26. The van der Waals surface area contributed by atoms with Crippen molar-refractivity contribution >= 4 is 22.9 Å². The molecule has 0 spiro atoms. The lowest BCUT2D eigenvalue weighted by molar-refractivity contribution is -0.908. The number of rotatable bonds is 9. The molecule has 1 aliphatic heterocycles. The Morgan fingerprint density at radius 3 is 2.74 bits per heavy atom. The number of nitrogens with one attached hydrogen (secondary N) is 2.